The predicted molar refractivity (Wildman–Crippen MR) is 127 cm³/mol. The van der Waals surface area contributed by atoms with Crippen LogP contribution in [0.3, 0.4) is 0 Å². The van der Waals surface area contributed by atoms with Crippen molar-refractivity contribution in [1.82, 2.24) is 25.4 Å². The summed E-state index contributed by atoms with van der Waals surface area (Å²) in [6.07, 6.45) is 2.04. The number of urea groups is 1. The van der Waals surface area contributed by atoms with Gasteiger partial charge in [-0.15, -0.1) is 22.4 Å². The highest BCUT2D eigenvalue weighted by Gasteiger charge is 2.33. The largest absolute Gasteiger partial charge is 0.488 e. The Hall–Kier alpha value is -3.08. The molecule has 174 valence electrons. The van der Waals surface area contributed by atoms with Crippen molar-refractivity contribution < 1.29 is 13.9 Å². The standard InChI is InChI=1S/C23H27FN6O2S/c1-14-12-16(21-15(2)22(33-6)27(3)25-21)10-11-20(14)32-13-17-18(24)8-7-9-19(17)30-23(31)28(4)29(5)26-30/h7-12,26H,13H2,1-6H3. The Morgan fingerprint density at radius 3 is 2.52 bits per heavy atom. The van der Waals surface area contributed by atoms with Gasteiger partial charge in [0, 0.05) is 32.3 Å². The van der Waals surface area contributed by atoms with Crippen LogP contribution in [0.4, 0.5) is 14.9 Å². The highest BCUT2D eigenvalue weighted by molar-refractivity contribution is 7.98. The molecule has 2 aromatic carbocycles. The van der Waals surface area contributed by atoms with Crippen LogP contribution in [0.2, 0.25) is 0 Å². The van der Waals surface area contributed by atoms with E-state index in [0.717, 1.165) is 27.4 Å². The molecule has 4 rings (SSSR count). The summed E-state index contributed by atoms with van der Waals surface area (Å²) < 4.78 is 22.6. The molecule has 0 atom stereocenters. The molecule has 0 unspecified atom stereocenters. The van der Waals surface area contributed by atoms with Gasteiger partial charge in [0.1, 0.15) is 18.2 Å². The van der Waals surface area contributed by atoms with E-state index < -0.39 is 5.82 Å². The van der Waals surface area contributed by atoms with Gasteiger partial charge in [0.25, 0.3) is 0 Å². The van der Waals surface area contributed by atoms with Gasteiger partial charge in [0.2, 0.25) is 0 Å². The molecule has 2 amide bonds. The normalized spacial score (nSPS) is 14.5. The van der Waals surface area contributed by atoms with Gasteiger partial charge in [-0.2, -0.15) is 5.10 Å². The number of anilines is 1. The maximum absolute atomic E-state index is 14.7. The van der Waals surface area contributed by atoms with Gasteiger partial charge in [0.05, 0.1) is 22.0 Å². The van der Waals surface area contributed by atoms with Crippen molar-refractivity contribution in [1.29, 1.82) is 0 Å². The molecule has 3 aromatic rings. The number of ether oxygens (including phenoxy) is 1. The van der Waals surface area contributed by atoms with E-state index in [1.54, 1.807) is 38.0 Å². The number of hydrogen-bond donors (Lipinski definition) is 1. The molecule has 0 spiro atoms. The Labute approximate surface area is 196 Å². The fourth-order valence-corrected chi connectivity index (χ4v) is 4.57. The summed E-state index contributed by atoms with van der Waals surface area (Å²) in [5.41, 5.74) is 7.56. The number of carbonyl (C=O) groups is 1. The SMILES string of the molecule is CSc1c(C)c(-c2ccc(OCc3c(F)cccc3N3NN(C)N(C)C3=O)c(C)c2)nn1C. The smallest absolute Gasteiger partial charge is 0.355 e. The quantitative estimate of drug-likeness (QED) is 0.543. The van der Waals surface area contributed by atoms with Gasteiger partial charge in [-0.1, -0.05) is 6.07 Å². The molecule has 1 aromatic heterocycles. The number of benzene rings is 2. The van der Waals surface area contributed by atoms with Crippen LogP contribution in [0.15, 0.2) is 41.4 Å². The van der Waals surface area contributed by atoms with E-state index >= 15 is 0 Å². The number of aromatic nitrogens is 2. The third-order valence-electron chi connectivity index (χ3n) is 5.73. The van der Waals surface area contributed by atoms with E-state index in [0.29, 0.717) is 11.4 Å². The van der Waals surface area contributed by atoms with Crippen molar-refractivity contribution in [2.24, 2.45) is 7.05 Å². The van der Waals surface area contributed by atoms with Crippen LogP contribution in [0, 0.1) is 19.7 Å². The molecule has 33 heavy (non-hydrogen) atoms. The lowest BCUT2D eigenvalue weighted by Gasteiger charge is -2.19. The Morgan fingerprint density at radius 2 is 1.91 bits per heavy atom. The number of hydrazine groups is 3. The molecule has 1 fully saturated rings. The Balaban J connectivity index is 1.58. The number of thioether (sulfide) groups is 1. The number of rotatable bonds is 6. The first-order valence-corrected chi connectivity index (χ1v) is 11.6. The molecule has 0 aliphatic carbocycles. The first-order chi connectivity index (χ1) is 15.7. The first-order valence-electron chi connectivity index (χ1n) is 10.4. The van der Waals surface area contributed by atoms with E-state index in [9.17, 15) is 9.18 Å². The number of carbonyl (C=O) groups excluding carboxylic acids is 1. The van der Waals surface area contributed by atoms with Gasteiger partial charge in [-0.05, 0) is 56.0 Å². The fraction of sp³-hybridized carbons (Fsp3) is 0.304. The Kier molecular flexibility index (Phi) is 6.33. The second-order valence-electron chi connectivity index (χ2n) is 7.88. The van der Waals surface area contributed by atoms with Crippen LogP contribution in [0.1, 0.15) is 16.7 Å². The minimum Gasteiger partial charge on any atom is -0.488 e. The maximum Gasteiger partial charge on any atom is 0.355 e. The zero-order valence-corrected chi connectivity index (χ0v) is 20.3. The highest BCUT2D eigenvalue weighted by atomic mass is 32.2. The van der Waals surface area contributed by atoms with Crippen LogP contribution >= 0.6 is 11.8 Å². The van der Waals surface area contributed by atoms with Crippen molar-refractivity contribution in [2.75, 3.05) is 25.4 Å². The average molecular weight is 471 g/mol. The number of nitrogens with zero attached hydrogens (tertiary/aromatic N) is 5. The van der Waals surface area contributed by atoms with Crippen LogP contribution in [0.5, 0.6) is 5.75 Å². The molecule has 0 bridgehead atoms. The third kappa shape index (κ3) is 4.17. The second-order valence-corrected chi connectivity index (χ2v) is 8.67. The summed E-state index contributed by atoms with van der Waals surface area (Å²) in [5, 5.41) is 9.98. The summed E-state index contributed by atoms with van der Waals surface area (Å²) in [6, 6.07) is 10.1. The van der Waals surface area contributed by atoms with Gasteiger partial charge in [0.15, 0.2) is 0 Å². The highest BCUT2D eigenvalue weighted by Crippen LogP contribution is 2.33. The summed E-state index contributed by atoms with van der Waals surface area (Å²) in [4.78, 5) is 12.5. The van der Waals surface area contributed by atoms with E-state index in [1.807, 2.05) is 43.1 Å². The van der Waals surface area contributed by atoms with E-state index in [-0.39, 0.29) is 18.2 Å². The van der Waals surface area contributed by atoms with Crippen LogP contribution in [-0.4, -0.2) is 46.3 Å². The molecular formula is C23H27FN6O2S. The number of amides is 2. The average Bonchev–Trinajstić information content (AvgIpc) is 3.22. The summed E-state index contributed by atoms with van der Waals surface area (Å²) in [5.74, 6) is 0.198. The molecule has 8 nitrogen and oxygen atoms in total. The number of hydrogen-bond acceptors (Lipinski definition) is 6. The van der Waals surface area contributed by atoms with E-state index in [4.69, 9.17) is 4.74 Å². The van der Waals surface area contributed by atoms with Crippen molar-refractivity contribution in [3.8, 4) is 17.0 Å². The zero-order valence-electron chi connectivity index (χ0n) is 19.5. The molecule has 0 saturated carbocycles. The lowest BCUT2D eigenvalue weighted by Crippen LogP contribution is -2.39. The molecule has 1 N–H and O–H groups in total. The van der Waals surface area contributed by atoms with Crippen LogP contribution in [0.25, 0.3) is 11.3 Å². The molecule has 2 heterocycles. The predicted octanol–water partition coefficient (Wildman–Crippen LogP) is 4.28. The Morgan fingerprint density at radius 1 is 1.15 bits per heavy atom. The Bertz CT molecular complexity index is 1210. The lowest BCUT2D eigenvalue weighted by molar-refractivity contribution is 0.0652. The summed E-state index contributed by atoms with van der Waals surface area (Å²) >= 11 is 1.67. The monoisotopic (exact) mass is 470 g/mol. The van der Waals surface area contributed by atoms with Crippen molar-refractivity contribution in [3.05, 3.63) is 58.9 Å². The molecular weight excluding hydrogens is 443 g/mol. The van der Waals surface area contributed by atoms with Gasteiger partial charge < -0.3 is 4.74 Å². The topological polar surface area (TPSA) is 65.9 Å². The minimum atomic E-state index is -0.442. The van der Waals surface area contributed by atoms with Crippen molar-refractivity contribution >= 4 is 23.5 Å². The van der Waals surface area contributed by atoms with Crippen molar-refractivity contribution in [2.45, 2.75) is 25.5 Å². The van der Waals surface area contributed by atoms with Gasteiger partial charge in [-0.25, -0.2) is 19.2 Å². The molecule has 1 aliphatic rings. The third-order valence-corrected chi connectivity index (χ3v) is 6.69. The minimum absolute atomic E-state index is 0.0275. The van der Waals surface area contributed by atoms with E-state index in [2.05, 4.69) is 17.6 Å². The lowest BCUT2D eigenvalue weighted by atomic mass is 10.1. The van der Waals surface area contributed by atoms with Crippen molar-refractivity contribution in [3.63, 3.8) is 0 Å². The van der Waals surface area contributed by atoms with Crippen LogP contribution < -0.4 is 15.3 Å². The van der Waals surface area contributed by atoms with Gasteiger partial charge >= 0.3 is 6.03 Å². The fourth-order valence-electron chi connectivity index (χ4n) is 3.87. The second kappa shape index (κ2) is 9.05. The first kappa shape index (κ1) is 23.1. The molecule has 10 heteroatoms. The summed E-state index contributed by atoms with van der Waals surface area (Å²) in [6.45, 7) is 3.99. The molecule has 1 aliphatic heterocycles. The van der Waals surface area contributed by atoms with Gasteiger partial charge in [-0.3, -0.25) is 4.68 Å². The molecule has 1 saturated heterocycles. The summed E-state index contributed by atoms with van der Waals surface area (Å²) in [7, 11) is 5.26. The molecule has 0 radical (unpaired) electrons. The number of aryl methyl sites for hydroxylation is 2. The maximum atomic E-state index is 14.7. The van der Waals surface area contributed by atoms with E-state index in [1.165, 1.54) is 21.2 Å². The van der Waals surface area contributed by atoms with Crippen LogP contribution in [-0.2, 0) is 13.7 Å². The number of nitrogens with one attached hydrogen (secondary N) is 1. The zero-order chi connectivity index (χ0) is 23.9. The number of halogens is 1.